The molecule has 1 heterocycles. The zero-order valence-corrected chi connectivity index (χ0v) is 6.82. The summed E-state index contributed by atoms with van der Waals surface area (Å²) in [5.41, 5.74) is 1.94. The van der Waals surface area contributed by atoms with Crippen LogP contribution in [-0.4, -0.2) is 9.97 Å². The summed E-state index contributed by atoms with van der Waals surface area (Å²) < 4.78 is 36.1. The third-order valence-corrected chi connectivity index (χ3v) is 1.29. The van der Waals surface area contributed by atoms with Crippen molar-refractivity contribution in [1.82, 2.24) is 9.97 Å². The number of rotatable bonds is 1. The van der Waals surface area contributed by atoms with E-state index < -0.39 is 12.0 Å². The van der Waals surface area contributed by atoms with Crippen LogP contribution in [0, 0.1) is 0 Å². The normalized spacial score (nSPS) is 11.5. The number of aromatic nitrogens is 2. The Labute approximate surface area is 75.9 Å². The number of hydrogen-bond donors (Lipinski definition) is 2. The maximum atomic E-state index is 12.0. The van der Waals surface area contributed by atoms with Crippen molar-refractivity contribution < 1.29 is 13.2 Å². The predicted octanol–water partition coefficient (Wildman–Crippen LogP) is 1.43. The second kappa shape index (κ2) is 3.35. The van der Waals surface area contributed by atoms with Crippen LogP contribution in [0.2, 0.25) is 5.15 Å². The van der Waals surface area contributed by atoms with E-state index in [0.29, 0.717) is 0 Å². The molecule has 0 aliphatic rings. The summed E-state index contributed by atoms with van der Waals surface area (Å²) in [7, 11) is 0. The maximum absolute atomic E-state index is 12.0. The van der Waals surface area contributed by atoms with Gasteiger partial charge in [0.05, 0.1) is 0 Å². The molecule has 0 atom stereocenters. The third kappa shape index (κ3) is 2.43. The summed E-state index contributed by atoms with van der Waals surface area (Å²) in [5.74, 6) is 3.35. The van der Waals surface area contributed by atoms with E-state index in [0.717, 1.165) is 6.07 Å². The van der Waals surface area contributed by atoms with Gasteiger partial charge in [-0.2, -0.15) is 13.2 Å². The fourth-order valence-corrected chi connectivity index (χ4v) is 0.802. The Morgan fingerprint density at radius 3 is 2.46 bits per heavy atom. The van der Waals surface area contributed by atoms with Crippen molar-refractivity contribution in [3.63, 3.8) is 0 Å². The zero-order chi connectivity index (χ0) is 10.1. The SMILES string of the molecule is NNc1cc(Cl)nc(C(F)(F)F)n1. The molecule has 0 amide bonds. The highest BCUT2D eigenvalue weighted by molar-refractivity contribution is 6.29. The summed E-state index contributed by atoms with van der Waals surface area (Å²) >= 11 is 5.29. The van der Waals surface area contributed by atoms with Crippen LogP contribution >= 0.6 is 11.6 Å². The van der Waals surface area contributed by atoms with E-state index in [1.165, 1.54) is 0 Å². The molecule has 0 fully saturated rings. The van der Waals surface area contributed by atoms with Crippen LogP contribution in [0.1, 0.15) is 5.82 Å². The topological polar surface area (TPSA) is 63.8 Å². The third-order valence-electron chi connectivity index (χ3n) is 1.10. The molecule has 72 valence electrons. The number of alkyl halides is 3. The highest BCUT2D eigenvalue weighted by Crippen LogP contribution is 2.27. The van der Waals surface area contributed by atoms with Gasteiger partial charge in [0, 0.05) is 6.07 Å². The van der Waals surface area contributed by atoms with E-state index in [2.05, 4.69) is 9.97 Å². The minimum Gasteiger partial charge on any atom is -0.308 e. The summed E-state index contributed by atoms with van der Waals surface area (Å²) in [6.45, 7) is 0. The molecule has 13 heavy (non-hydrogen) atoms. The molecule has 4 nitrogen and oxygen atoms in total. The largest absolute Gasteiger partial charge is 0.451 e. The minimum absolute atomic E-state index is 0.188. The molecule has 0 aliphatic heterocycles. The molecule has 0 radical (unpaired) electrons. The standard InChI is InChI=1S/C5H4ClF3N4/c6-2-1-3(13-10)12-4(11-2)5(7,8)9/h1H,10H2,(H,11,12,13). The smallest absolute Gasteiger partial charge is 0.308 e. The average molecular weight is 213 g/mol. The van der Waals surface area contributed by atoms with E-state index in [-0.39, 0.29) is 11.0 Å². The highest BCUT2D eigenvalue weighted by Gasteiger charge is 2.35. The summed E-state index contributed by atoms with van der Waals surface area (Å²) in [4.78, 5) is 6.05. The average Bonchev–Trinajstić information content (AvgIpc) is 2.01. The van der Waals surface area contributed by atoms with Crippen LogP contribution in [0.4, 0.5) is 19.0 Å². The van der Waals surface area contributed by atoms with Crippen LogP contribution in [-0.2, 0) is 6.18 Å². The van der Waals surface area contributed by atoms with Gasteiger partial charge in [0.15, 0.2) is 0 Å². The van der Waals surface area contributed by atoms with Gasteiger partial charge in [-0.25, -0.2) is 15.8 Å². The molecular formula is C5H4ClF3N4. The van der Waals surface area contributed by atoms with E-state index in [1.807, 2.05) is 5.43 Å². The van der Waals surface area contributed by atoms with Crippen LogP contribution in [0.25, 0.3) is 0 Å². The molecule has 3 N–H and O–H groups in total. The van der Waals surface area contributed by atoms with Crippen molar-refractivity contribution in [2.45, 2.75) is 6.18 Å². The number of hydrazine groups is 1. The van der Waals surface area contributed by atoms with E-state index >= 15 is 0 Å². The molecule has 1 aromatic heterocycles. The second-order valence-electron chi connectivity index (χ2n) is 2.04. The molecule has 0 unspecified atom stereocenters. The van der Waals surface area contributed by atoms with Crippen LogP contribution in [0.5, 0.6) is 0 Å². The van der Waals surface area contributed by atoms with Crippen molar-refractivity contribution in [3.8, 4) is 0 Å². The first-order valence-corrected chi connectivity index (χ1v) is 3.39. The second-order valence-corrected chi connectivity index (χ2v) is 2.43. The van der Waals surface area contributed by atoms with Crippen molar-refractivity contribution in [3.05, 3.63) is 17.0 Å². The van der Waals surface area contributed by atoms with Gasteiger partial charge >= 0.3 is 6.18 Å². The van der Waals surface area contributed by atoms with Crippen molar-refractivity contribution in [2.75, 3.05) is 5.43 Å². The summed E-state index contributed by atoms with van der Waals surface area (Å²) in [5, 5.41) is -0.324. The molecule has 0 bridgehead atoms. The van der Waals surface area contributed by atoms with E-state index in [1.54, 1.807) is 0 Å². The van der Waals surface area contributed by atoms with Crippen molar-refractivity contribution in [1.29, 1.82) is 0 Å². The Bertz CT molecular complexity index is 313. The Hall–Kier alpha value is -1.08. The number of nitrogen functional groups attached to an aromatic ring is 1. The predicted molar refractivity (Wildman–Crippen MR) is 39.9 cm³/mol. The lowest BCUT2D eigenvalue weighted by Crippen LogP contribution is -2.15. The summed E-state index contributed by atoms with van der Waals surface area (Å²) in [6, 6.07) is 1.08. The lowest BCUT2D eigenvalue weighted by Gasteiger charge is -2.06. The summed E-state index contributed by atoms with van der Waals surface area (Å²) in [6.07, 6.45) is -4.63. The zero-order valence-electron chi connectivity index (χ0n) is 6.06. The van der Waals surface area contributed by atoms with Crippen LogP contribution in [0.15, 0.2) is 6.07 Å². The highest BCUT2D eigenvalue weighted by atomic mass is 35.5. The number of nitrogens with one attached hydrogen (secondary N) is 1. The number of halogens is 4. The van der Waals surface area contributed by atoms with Crippen LogP contribution < -0.4 is 11.3 Å². The maximum Gasteiger partial charge on any atom is 0.451 e. The quantitative estimate of drug-likeness (QED) is 0.420. The molecule has 8 heteroatoms. The monoisotopic (exact) mass is 212 g/mol. The molecule has 1 rings (SSSR count). The molecule has 0 saturated heterocycles. The van der Waals surface area contributed by atoms with E-state index in [4.69, 9.17) is 17.4 Å². The Kier molecular flexibility index (Phi) is 2.58. The van der Waals surface area contributed by atoms with Crippen molar-refractivity contribution >= 4 is 17.4 Å². The number of anilines is 1. The van der Waals surface area contributed by atoms with Gasteiger partial charge in [-0.1, -0.05) is 11.6 Å². The molecule has 0 aromatic carbocycles. The number of hydrogen-bond acceptors (Lipinski definition) is 4. The minimum atomic E-state index is -4.63. The first-order chi connectivity index (χ1) is 5.93. The molecular weight excluding hydrogens is 209 g/mol. The van der Waals surface area contributed by atoms with Gasteiger partial charge in [-0.15, -0.1) is 0 Å². The van der Waals surface area contributed by atoms with E-state index in [9.17, 15) is 13.2 Å². The fourth-order valence-electron chi connectivity index (χ4n) is 0.618. The van der Waals surface area contributed by atoms with Gasteiger partial charge in [-0.3, -0.25) is 0 Å². The first-order valence-electron chi connectivity index (χ1n) is 3.02. The Balaban J connectivity index is 3.16. The molecule has 0 aliphatic carbocycles. The van der Waals surface area contributed by atoms with Gasteiger partial charge < -0.3 is 5.43 Å². The van der Waals surface area contributed by atoms with Gasteiger partial charge in [0.25, 0.3) is 0 Å². The lowest BCUT2D eigenvalue weighted by molar-refractivity contribution is -0.144. The first kappa shape index (κ1) is 10.0. The van der Waals surface area contributed by atoms with Crippen molar-refractivity contribution in [2.24, 2.45) is 5.84 Å². The van der Waals surface area contributed by atoms with Gasteiger partial charge in [0.2, 0.25) is 5.82 Å². The molecule has 0 spiro atoms. The van der Waals surface area contributed by atoms with Gasteiger partial charge in [-0.05, 0) is 0 Å². The molecule has 1 aromatic rings. The lowest BCUT2D eigenvalue weighted by atomic mass is 10.5. The molecule has 0 saturated carbocycles. The Morgan fingerprint density at radius 2 is 2.00 bits per heavy atom. The number of nitrogens with two attached hydrogens (primary N) is 1. The Morgan fingerprint density at radius 1 is 1.38 bits per heavy atom. The fraction of sp³-hybridized carbons (Fsp3) is 0.200. The van der Waals surface area contributed by atoms with Gasteiger partial charge in [0.1, 0.15) is 11.0 Å². The number of nitrogens with zero attached hydrogens (tertiary/aromatic N) is 2. The van der Waals surface area contributed by atoms with Crippen LogP contribution in [0.3, 0.4) is 0 Å².